The zero-order valence-corrected chi connectivity index (χ0v) is 6.33. The quantitative estimate of drug-likeness (QED) is 0.577. The topological polar surface area (TPSA) is 24.4 Å². The fraction of sp³-hybridized carbons (Fsp3) is 0.375. The summed E-state index contributed by atoms with van der Waals surface area (Å²) in [6.45, 7) is 2.13. The number of rotatable bonds is 1. The molecule has 1 unspecified atom stereocenters. The van der Waals surface area contributed by atoms with Gasteiger partial charge < -0.3 is 5.32 Å². The first-order valence-electron chi connectivity index (χ1n) is 3.43. The normalized spacial score (nSPS) is 23.8. The molecule has 0 fully saturated rings. The Bertz CT molecular complexity index is 189. The summed E-state index contributed by atoms with van der Waals surface area (Å²) in [6, 6.07) is 0. The molecule has 1 aliphatic rings. The maximum Gasteiger partial charge on any atom is 0.122 e. The van der Waals surface area contributed by atoms with E-state index in [0.29, 0.717) is 5.92 Å². The largest absolute Gasteiger partial charge is 0.373 e. The van der Waals surface area contributed by atoms with Gasteiger partial charge in [0.25, 0.3) is 0 Å². The Morgan fingerprint density at radius 2 is 2.40 bits per heavy atom. The van der Waals surface area contributed by atoms with Crippen molar-refractivity contribution in [2.75, 3.05) is 7.05 Å². The molecule has 2 nitrogen and oxygen atoms in total. The highest BCUT2D eigenvalue weighted by atomic mass is 15.0. The van der Waals surface area contributed by atoms with E-state index in [1.807, 2.05) is 13.1 Å². The van der Waals surface area contributed by atoms with Crippen LogP contribution in [-0.2, 0) is 0 Å². The second-order valence-corrected chi connectivity index (χ2v) is 2.32. The van der Waals surface area contributed by atoms with Crippen LogP contribution in [0.25, 0.3) is 0 Å². The smallest absolute Gasteiger partial charge is 0.122 e. The molecule has 0 aromatic carbocycles. The standard InChI is InChI=1S/C8H12N2/c1-7-4-3-5-10-8(6-7)9-2/h3-7,9H,1-2H3. The molecule has 0 spiro atoms. The van der Waals surface area contributed by atoms with E-state index in [1.54, 1.807) is 6.21 Å². The summed E-state index contributed by atoms with van der Waals surface area (Å²) in [6.07, 6.45) is 7.95. The van der Waals surface area contributed by atoms with Crippen molar-refractivity contribution in [3.8, 4) is 0 Å². The third kappa shape index (κ3) is 1.72. The van der Waals surface area contributed by atoms with Gasteiger partial charge in [-0.25, -0.2) is 4.99 Å². The number of nitrogens with one attached hydrogen (secondary N) is 1. The minimum Gasteiger partial charge on any atom is -0.373 e. The Morgan fingerprint density at radius 1 is 1.60 bits per heavy atom. The molecular weight excluding hydrogens is 124 g/mol. The zero-order chi connectivity index (χ0) is 7.40. The Labute approximate surface area is 61.4 Å². The highest BCUT2D eigenvalue weighted by Crippen LogP contribution is 2.05. The van der Waals surface area contributed by atoms with Crippen molar-refractivity contribution in [2.24, 2.45) is 10.9 Å². The van der Waals surface area contributed by atoms with Crippen LogP contribution in [0.1, 0.15) is 6.92 Å². The Hall–Kier alpha value is -1.05. The molecule has 0 saturated carbocycles. The first-order chi connectivity index (χ1) is 4.83. The summed E-state index contributed by atoms with van der Waals surface area (Å²) in [7, 11) is 1.88. The summed E-state index contributed by atoms with van der Waals surface area (Å²) < 4.78 is 0. The number of hydrogen-bond donors (Lipinski definition) is 1. The van der Waals surface area contributed by atoms with Crippen LogP contribution in [0.3, 0.4) is 0 Å². The van der Waals surface area contributed by atoms with Crippen LogP contribution in [-0.4, -0.2) is 13.3 Å². The van der Waals surface area contributed by atoms with Gasteiger partial charge in [-0.1, -0.05) is 13.0 Å². The first kappa shape index (κ1) is 7.06. The van der Waals surface area contributed by atoms with Gasteiger partial charge in [0.05, 0.1) is 0 Å². The van der Waals surface area contributed by atoms with E-state index in [9.17, 15) is 0 Å². The maximum atomic E-state index is 4.13. The number of nitrogens with zero attached hydrogens (tertiary/aromatic N) is 1. The molecule has 10 heavy (non-hydrogen) atoms. The summed E-state index contributed by atoms with van der Waals surface area (Å²) in [4.78, 5) is 4.13. The van der Waals surface area contributed by atoms with E-state index >= 15 is 0 Å². The van der Waals surface area contributed by atoms with E-state index in [-0.39, 0.29) is 0 Å². The van der Waals surface area contributed by atoms with Gasteiger partial charge in [0.15, 0.2) is 0 Å². The molecule has 1 N–H and O–H groups in total. The van der Waals surface area contributed by atoms with Crippen molar-refractivity contribution in [3.63, 3.8) is 0 Å². The predicted molar refractivity (Wildman–Crippen MR) is 43.9 cm³/mol. The van der Waals surface area contributed by atoms with Crippen LogP contribution in [0.4, 0.5) is 0 Å². The lowest BCUT2D eigenvalue weighted by Crippen LogP contribution is -2.03. The average molecular weight is 136 g/mol. The lowest BCUT2D eigenvalue weighted by Gasteiger charge is -1.99. The van der Waals surface area contributed by atoms with Crippen molar-refractivity contribution in [3.05, 3.63) is 24.0 Å². The molecule has 0 aromatic heterocycles. The van der Waals surface area contributed by atoms with E-state index < -0.39 is 0 Å². The van der Waals surface area contributed by atoms with Crippen LogP contribution >= 0.6 is 0 Å². The zero-order valence-electron chi connectivity index (χ0n) is 6.33. The van der Waals surface area contributed by atoms with Crippen LogP contribution in [0.2, 0.25) is 0 Å². The summed E-state index contributed by atoms with van der Waals surface area (Å²) in [5.41, 5.74) is 0. The Morgan fingerprint density at radius 3 is 3.10 bits per heavy atom. The molecule has 1 atom stereocenters. The average Bonchev–Trinajstić information content (AvgIpc) is 2.13. The van der Waals surface area contributed by atoms with Crippen LogP contribution in [0.5, 0.6) is 0 Å². The van der Waals surface area contributed by atoms with Gasteiger partial charge in [0, 0.05) is 13.3 Å². The molecular formula is C8H12N2. The van der Waals surface area contributed by atoms with Gasteiger partial charge in [-0.3, -0.25) is 0 Å². The molecule has 0 amide bonds. The fourth-order valence-corrected chi connectivity index (χ4v) is 0.844. The van der Waals surface area contributed by atoms with E-state index in [4.69, 9.17) is 0 Å². The molecule has 0 saturated heterocycles. The molecule has 1 rings (SSSR count). The summed E-state index contributed by atoms with van der Waals surface area (Å²) >= 11 is 0. The van der Waals surface area contributed by atoms with Gasteiger partial charge in [-0.2, -0.15) is 0 Å². The minimum absolute atomic E-state index is 0.477. The highest BCUT2D eigenvalue weighted by molar-refractivity contribution is 5.72. The molecule has 0 bridgehead atoms. The predicted octanol–water partition coefficient (Wildman–Crippen LogP) is 1.32. The third-order valence-electron chi connectivity index (χ3n) is 1.39. The van der Waals surface area contributed by atoms with Crippen molar-refractivity contribution >= 4 is 6.21 Å². The van der Waals surface area contributed by atoms with E-state index in [1.165, 1.54) is 0 Å². The fourth-order valence-electron chi connectivity index (χ4n) is 0.844. The lowest BCUT2D eigenvalue weighted by molar-refractivity contribution is 0.878. The highest BCUT2D eigenvalue weighted by Gasteiger charge is 1.96. The van der Waals surface area contributed by atoms with Gasteiger partial charge in [-0.15, -0.1) is 0 Å². The maximum absolute atomic E-state index is 4.13. The molecule has 2 heteroatoms. The molecule has 54 valence electrons. The van der Waals surface area contributed by atoms with E-state index in [2.05, 4.69) is 29.4 Å². The second-order valence-electron chi connectivity index (χ2n) is 2.32. The summed E-state index contributed by atoms with van der Waals surface area (Å²) in [5.74, 6) is 1.42. The third-order valence-corrected chi connectivity index (χ3v) is 1.39. The Balaban J connectivity index is 2.74. The molecule has 1 aliphatic heterocycles. The van der Waals surface area contributed by atoms with Crippen LogP contribution < -0.4 is 5.32 Å². The molecule has 0 aliphatic carbocycles. The molecule has 0 radical (unpaired) electrons. The minimum atomic E-state index is 0.477. The van der Waals surface area contributed by atoms with Crippen molar-refractivity contribution < 1.29 is 0 Å². The number of allylic oxidation sites excluding steroid dienone is 3. The van der Waals surface area contributed by atoms with Gasteiger partial charge in [0.2, 0.25) is 0 Å². The van der Waals surface area contributed by atoms with Gasteiger partial charge >= 0.3 is 0 Å². The van der Waals surface area contributed by atoms with Crippen molar-refractivity contribution in [1.29, 1.82) is 0 Å². The molecule has 1 heterocycles. The van der Waals surface area contributed by atoms with Crippen molar-refractivity contribution in [1.82, 2.24) is 5.32 Å². The lowest BCUT2D eigenvalue weighted by atomic mass is 10.1. The second kappa shape index (κ2) is 3.20. The van der Waals surface area contributed by atoms with Gasteiger partial charge in [0.1, 0.15) is 5.82 Å². The first-order valence-corrected chi connectivity index (χ1v) is 3.43. The SMILES string of the molecule is CNC1=CC(C)C=CC=N1. The van der Waals surface area contributed by atoms with Crippen LogP contribution in [0, 0.1) is 5.92 Å². The summed E-state index contributed by atoms with van der Waals surface area (Å²) in [5, 5.41) is 3.00. The van der Waals surface area contributed by atoms with Crippen molar-refractivity contribution in [2.45, 2.75) is 6.92 Å². The monoisotopic (exact) mass is 136 g/mol. The number of aliphatic imine (C=N–C) groups is 1. The Kier molecular flexibility index (Phi) is 2.26. The van der Waals surface area contributed by atoms with Crippen LogP contribution in [0.15, 0.2) is 29.0 Å². The number of hydrogen-bond acceptors (Lipinski definition) is 2. The van der Waals surface area contributed by atoms with Gasteiger partial charge in [-0.05, 0) is 18.1 Å². The van der Waals surface area contributed by atoms with E-state index in [0.717, 1.165) is 5.82 Å². The molecule has 0 aromatic rings.